The van der Waals surface area contributed by atoms with E-state index in [1.165, 1.54) is 0 Å². The number of anilines is 1. The number of rotatable bonds is 5. The maximum Gasteiger partial charge on any atom is 0.186 e. The second kappa shape index (κ2) is 6.72. The molecule has 2 aromatic heterocycles. The molecular weight excluding hydrogens is 338 g/mol. The standard InChI is InChI=1S/C21H21N5O/c1-14-21(17-6-4-5-7-18(17)22-14)20(27)13-26-12-19(23-24-26)15-8-10-16(11-9-15)25(2)3/h4-12,22H,13H2,1-3H3. The number of aromatic amines is 1. The Balaban J connectivity index is 1.57. The summed E-state index contributed by atoms with van der Waals surface area (Å²) >= 11 is 0. The van der Waals surface area contributed by atoms with Crippen molar-refractivity contribution in [2.24, 2.45) is 0 Å². The highest BCUT2D eigenvalue weighted by Crippen LogP contribution is 2.23. The van der Waals surface area contributed by atoms with Crippen LogP contribution in [0.3, 0.4) is 0 Å². The summed E-state index contributed by atoms with van der Waals surface area (Å²) in [5.41, 5.74) is 5.42. The average Bonchev–Trinajstić information content (AvgIpc) is 3.25. The Hall–Kier alpha value is -3.41. The van der Waals surface area contributed by atoms with E-state index in [4.69, 9.17) is 0 Å². The van der Waals surface area contributed by atoms with Crippen molar-refractivity contribution in [1.82, 2.24) is 20.0 Å². The number of nitrogens with zero attached hydrogens (tertiary/aromatic N) is 4. The number of nitrogens with one attached hydrogen (secondary N) is 1. The van der Waals surface area contributed by atoms with Crippen LogP contribution in [0.2, 0.25) is 0 Å². The summed E-state index contributed by atoms with van der Waals surface area (Å²) < 4.78 is 1.60. The second-order valence-electron chi connectivity index (χ2n) is 6.84. The predicted molar refractivity (Wildman–Crippen MR) is 107 cm³/mol. The van der Waals surface area contributed by atoms with Crippen LogP contribution in [0.4, 0.5) is 5.69 Å². The molecule has 0 radical (unpaired) electrons. The Labute approximate surface area is 157 Å². The molecule has 4 rings (SSSR count). The summed E-state index contributed by atoms with van der Waals surface area (Å²) in [7, 11) is 4.01. The molecule has 0 fully saturated rings. The van der Waals surface area contributed by atoms with Crippen LogP contribution in [0, 0.1) is 6.92 Å². The number of carbonyl (C=O) groups excluding carboxylic acids is 1. The number of hydrogen-bond donors (Lipinski definition) is 1. The molecular formula is C21H21N5O. The monoisotopic (exact) mass is 359 g/mol. The first-order valence-electron chi connectivity index (χ1n) is 8.81. The minimum atomic E-state index is 0.0179. The number of carbonyl (C=O) groups is 1. The number of ketones is 1. The molecule has 0 bridgehead atoms. The Morgan fingerprint density at radius 2 is 1.85 bits per heavy atom. The van der Waals surface area contributed by atoms with Gasteiger partial charge in [0.05, 0.1) is 6.20 Å². The van der Waals surface area contributed by atoms with Crippen molar-refractivity contribution in [3.8, 4) is 11.3 Å². The van der Waals surface area contributed by atoms with E-state index in [-0.39, 0.29) is 12.3 Å². The average molecular weight is 359 g/mol. The number of para-hydroxylation sites is 1. The maximum atomic E-state index is 12.9. The fourth-order valence-corrected chi connectivity index (χ4v) is 3.30. The van der Waals surface area contributed by atoms with Crippen molar-refractivity contribution >= 4 is 22.4 Å². The van der Waals surface area contributed by atoms with Crippen LogP contribution >= 0.6 is 0 Å². The highest BCUT2D eigenvalue weighted by atomic mass is 16.1. The van der Waals surface area contributed by atoms with E-state index in [0.29, 0.717) is 0 Å². The summed E-state index contributed by atoms with van der Waals surface area (Å²) in [5.74, 6) is 0.0179. The van der Waals surface area contributed by atoms with Gasteiger partial charge < -0.3 is 9.88 Å². The quantitative estimate of drug-likeness (QED) is 0.552. The first-order valence-corrected chi connectivity index (χ1v) is 8.81. The van der Waals surface area contributed by atoms with E-state index in [2.05, 4.69) is 15.3 Å². The van der Waals surface area contributed by atoms with Crippen LogP contribution in [-0.2, 0) is 6.54 Å². The third-order valence-electron chi connectivity index (χ3n) is 4.70. The molecule has 136 valence electrons. The highest BCUT2D eigenvalue weighted by Gasteiger charge is 2.17. The van der Waals surface area contributed by atoms with Crippen LogP contribution < -0.4 is 4.90 Å². The van der Waals surface area contributed by atoms with Crippen molar-refractivity contribution in [3.63, 3.8) is 0 Å². The van der Waals surface area contributed by atoms with Gasteiger partial charge in [0.1, 0.15) is 12.2 Å². The highest BCUT2D eigenvalue weighted by molar-refractivity contribution is 6.09. The number of hydrogen-bond acceptors (Lipinski definition) is 4. The lowest BCUT2D eigenvalue weighted by Gasteiger charge is -2.11. The van der Waals surface area contributed by atoms with Gasteiger partial charge in [-0.25, -0.2) is 4.68 Å². The van der Waals surface area contributed by atoms with E-state index < -0.39 is 0 Å². The van der Waals surface area contributed by atoms with Gasteiger partial charge >= 0.3 is 0 Å². The van der Waals surface area contributed by atoms with Crippen LogP contribution in [0.5, 0.6) is 0 Å². The molecule has 0 unspecified atom stereocenters. The summed E-state index contributed by atoms with van der Waals surface area (Å²) in [6, 6.07) is 15.9. The molecule has 0 atom stereocenters. The minimum Gasteiger partial charge on any atom is -0.378 e. The predicted octanol–water partition coefficient (Wildman–Crippen LogP) is 3.68. The van der Waals surface area contributed by atoms with Crippen LogP contribution in [-0.4, -0.2) is 39.9 Å². The van der Waals surface area contributed by atoms with Crippen LogP contribution in [0.25, 0.3) is 22.2 Å². The molecule has 0 saturated carbocycles. The smallest absolute Gasteiger partial charge is 0.186 e. The van der Waals surface area contributed by atoms with E-state index in [9.17, 15) is 4.79 Å². The van der Waals surface area contributed by atoms with Gasteiger partial charge in [-0.1, -0.05) is 35.5 Å². The van der Waals surface area contributed by atoms with Crippen molar-refractivity contribution in [3.05, 3.63) is 66.0 Å². The first kappa shape index (κ1) is 17.0. The van der Waals surface area contributed by atoms with Gasteiger partial charge in [0, 0.05) is 47.5 Å². The molecule has 6 heteroatoms. The molecule has 1 N–H and O–H groups in total. The Bertz CT molecular complexity index is 1110. The summed E-state index contributed by atoms with van der Waals surface area (Å²) in [5, 5.41) is 9.30. The second-order valence-corrected chi connectivity index (χ2v) is 6.84. The molecule has 0 spiro atoms. The zero-order valence-corrected chi connectivity index (χ0v) is 15.6. The molecule has 0 amide bonds. The van der Waals surface area contributed by atoms with Gasteiger partial charge in [0.15, 0.2) is 5.78 Å². The SMILES string of the molecule is Cc1[nH]c2ccccc2c1C(=O)Cn1cc(-c2ccc(N(C)C)cc2)nn1. The van der Waals surface area contributed by atoms with Gasteiger partial charge in [-0.3, -0.25) is 4.79 Å². The van der Waals surface area contributed by atoms with Crippen molar-refractivity contribution in [2.75, 3.05) is 19.0 Å². The van der Waals surface area contributed by atoms with E-state index in [1.807, 2.05) is 80.6 Å². The van der Waals surface area contributed by atoms with E-state index >= 15 is 0 Å². The molecule has 27 heavy (non-hydrogen) atoms. The number of aromatic nitrogens is 4. The number of benzene rings is 2. The zero-order chi connectivity index (χ0) is 19.0. The molecule has 0 saturated heterocycles. The molecule has 0 aliphatic heterocycles. The zero-order valence-electron chi connectivity index (χ0n) is 15.6. The van der Waals surface area contributed by atoms with Crippen molar-refractivity contribution < 1.29 is 4.79 Å². The fourth-order valence-electron chi connectivity index (χ4n) is 3.30. The number of Topliss-reactive ketones (excluding diaryl/α,β-unsaturated/α-hetero) is 1. The van der Waals surface area contributed by atoms with Crippen molar-refractivity contribution in [1.29, 1.82) is 0 Å². The van der Waals surface area contributed by atoms with E-state index in [0.717, 1.165) is 39.1 Å². The third kappa shape index (κ3) is 3.21. The van der Waals surface area contributed by atoms with Gasteiger partial charge in [0.2, 0.25) is 0 Å². The van der Waals surface area contributed by atoms with Crippen LogP contribution in [0.1, 0.15) is 16.1 Å². The van der Waals surface area contributed by atoms with Gasteiger partial charge in [-0.15, -0.1) is 5.10 Å². The number of aryl methyl sites for hydroxylation is 1. The van der Waals surface area contributed by atoms with Gasteiger partial charge in [-0.05, 0) is 25.1 Å². The topological polar surface area (TPSA) is 66.8 Å². The lowest BCUT2D eigenvalue weighted by Crippen LogP contribution is -2.11. The fraction of sp³-hybridized carbons (Fsp3) is 0.190. The van der Waals surface area contributed by atoms with Gasteiger partial charge in [0.25, 0.3) is 0 Å². The summed E-state index contributed by atoms with van der Waals surface area (Å²) in [6.07, 6.45) is 1.81. The van der Waals surface area contributed by atoms with Gasteiger partial charge in [-0.2, -0.15) is 0 Å². The molecule has 6 nitrogen and oxygen atoms in total. The first-order chi connectivity index (χ1) is 13.0. The molecule has 2 aromatic carbocycles. The normalized spacial score (nSPS) is 11.1. The Kier molecular flexibility index (Phi) is 4.24. The maximum absolute atomic E-state index is 12.9. The number of fused-ring (bicyclic) bond motifs is 1. The summed E-state index contributed by atoms with van der Waals surface area (Å²) in [4.78, 5) is 18.2. The van der Waals surface area contributed by atoms with Crippen molar-refractivity contribution in [2.45, 2.75) is 13.5 Å². The molecule has 0 aliphatic carbocycles. The Morgan fingerprint density at radius 1 is 1.11 bits per heavy atom. The lowest BCUT2D eigenvalue weighted by molar-refractivity contribution is 0.0968. The number of H-pyrrole nitrogens is 1. The lowest BCUT2D eigenvalue weighted by atomic mass is 10.1. The van der Waals surface area contributed by atoms with Crippen LogP contribution in [0.15, 0.2) is 54.7 Å². The largest absolute Gasteiger partial charge is 0.378 e. The molecule has 2 heterocycles. The molecule has 0 aliphatic rings. The summed E-state index contributed by atoms with van der Waals surface area (Å²) in [6.45, 7) is 2.08. The molecule has 4 aromatic rings. The Morgan fingerprint density at radius 3 is 2.59 bits per heavy atom. The minimum absolute atomic E-state index is 0.0179. The third-order valence-corrected chi connectivity index (χ3v) is 4.70. The van der Waals surface area contributed by atoms with E-state index in [1.54, 1.807) is 4.68 Å².